The molecule has 0 heterocycles. The maximum absolute atomic E-state index is 5.23. The third-order valence-electron chi connectivity index (χ3n) is 0.930. The van der Waals surface area contributed by atoms with Gasteiger partial charge in [-0.2, -0.15) is 0 Å². The molecular formula is C7H14O2Sn. The van der Waals surface area contributed by atoms with Crippen LogP contribution < -0.4 is 0 Å². The summed E-state index contributed by atoms with van der Waals surface area (Å²) in [5.74, 6) is 0. The zero-order valence-electron chi connectivity index (χ0n) is 6.54. The Labute approximate surface area is 75.7 Å². The van der Waals surface area contributed by atoms with E-state index in [1.54, 1.807) is 0 Å². The molecule has 0 amide bonds. The van der Waals surface area contributed by atoms with Crippen molar-refractivity contribution >= 4 is 22.5 Å². The van der Waals surface area contributed by atoms with Gasteiger partial charge in [0.25, 0.3) is 0 Å². The Kier molecular flexibility index (Phi) is 7.91. The van der Waals surface area contributed by atoms with Gasteiger partial charge in [-0.1, -0.05) is 0 Å². The maximum atomic E-state index is 5.23. The second kappa shape index (κ2) is 7.56. The SMILES string of the molecule is CCOC(/C=[CH]/[SnH])OCC. The Morgan fingerprint density at radius 2 is 1.80 bits per heavy atom. The van der Waals surface area contributed by atoms with E-state index >= 15 is 0 Å². The molecule has 3 heteroatoms. The first-order valence-corrected chi connectivity index (χ1v) is 5.37. The van der Waals surface area contributed by atoms with Gasteiger partial charge < -0.3 is 0 Å². The van der Waals surface area contributed by atoms with E-state index in [1.807, 2.05) is 19.9 Å². The first-order valence-electron chi connectivity index (χ1n) is 3.46. The summed E-state index contributed by atoms with van der Waals surface area (Å²) in [6.07, 6.45) is 1.83. The van der Waals surface area contributed by atoms with Crippen LogP contribution in [0.15, 0.2) is 10.2 Å². The minimum absolute atomic E-state index is 0.120. The third kappa shape index (κ3) is 5.26. The molecule has 0 aromatic rings. The summed E-state index contributed by atoms with van der Waals surface area (Å²) in [5.41, 5.74) is 0. The van der Waals surface area contributed by atoms with E-state index in [0.717, 1.165) is 22.5 Å². The molecule has 0 aliphatic heterocycles. The Balaban J connectivity index is 3.50. The molecule has 0 N–H and O–H groups in total. The Morgan fingerprint density at radius 3 is 2.10 bits per heavy atom. The van der Waals surface area contributed by atoms with Gasteiger partial charge in [0.15, 0.2) is 0 Å². The van der Waals surface area contributed by atoms with Gasteiger partial charge >= 0.3 is 75.5 Å². The molecule has 0 spiro atoms. The van der Waals surface area contributed by atoms with Crippen LogP contribution in [0.2, 0.25) is 0 Å². The summed E-state index contributed by atoms with van der Waals surface area (Å²) in [7, 11) is 0. The number of hydrogen-bond acceptors (Lipinski definition) is 2. The van der Waals surface area contributed by atoms with Gasteiger partial charge in [-0.25, -0.2) is 0 Å². The first-order chi connectivity index (χ1) is 4.85. The zero-order chi connectivity index (χ0) is 7.82. The molecule has 0 aliphatic carbocycles. The van der Waals surface area contributed by atoms with Crippen LogP contribution in [0.1, 0.15) is 13.8 Å². The molecule has 0 aromatic heterocycles. The standard InChI is InChI=1S/C7H13O2.Sn.H/c1-4-7(8-5-2)9-6-3;;/h1,4,7H,5-6H2,2-3H3;;. The van der Waals surface area contributed by atoms with E-state index < -0.39 is 0 Å². The second-order valence-electron chi connectivity index (χ2n) is 1.66. The Bertz CT molecular complexity index is 87.6. The van der Waals surface area contributed by atoms with E-state index in [0.29, 0.717) is 13.2 Å². The van der Waals surface area contributed by atoms with Crippen molar-refractivity contribution in [1.29, 1.82) is 0 Å². The Morgan fingerprint density at radius 1 is 1.30 bits per heavy atom. The van der Waals surface area contributed by atoms with E-state index in [4.69, 9.17) is 9.47 Å². The summed E-state index contributed by atoms with van der Waals surface area (Å²) in [4.78, 5) is 0. The van der Waals surface area contributed by atoms with Crippen molar-refractivity contribution in [2.24, 2.45) is 0 Å². The molecule has 0 saturated heterocycles. The molecule has 10 heavy (non-hydrogen) atoms. The molecule has 2 nitrogen and oxygen atoms in total. The molecule has 0 unspecified atom stereocenters. The topological polar surface area (TPSA) is 18.5 Å². The van der Waals surface area contributed by atoms with Crippen molar-refractivity contribution < 1.29 is 9.47 Å². The van der Waals surface area contributed by atoms with Crippen molar-refractivity contribution in [2.45, 2.75) is 20.1 Å². The van der Waals surface area contributed by atoms with Gasteiger partial charge in [-0.15, -0.1) is 0 Å². The number of rotatable bonds is 5. The zero-order valence-corrected chi connectivity index (χ0v) is 9.84. The van der Waals surface area contributed by atoms with E-state index in [1.165, 1.54) is 0 Å². The van der Waals surface area contributed by atoms with Gasteiger partial charge in [0, 0.05) is 0 Å². The van der Waals surface area contributed by atoms with Crippen LogP contribution in [0.3, 0.4) is 0 Å². The van der Waals surface area contributed by atoms with Crippen LogP contribution >= 0.6 is 0 Å². The molecule has 2 radical (unpaired) electrons. The third-order valence-corrected chi connectivity index (χ3v) is 1.56. The summed E-state index contributed by atoms with van der Waals surface area (Å²) in [5, 5.41) is 0. The van der Waals surface area contributed by atoms with Crippen molar-refractivity contribution in [3.8, 4) is 0 Å². The van der Waals surface area contributed by atoms with Gasteiger partial charge in [-0.05, 0) is 0 Å². The van der Waals surface area contributed by atoms with Gasteiger partial charge in [0.1, 0.15) is 0 Å². The second-order valence-corrected chi connectivity index (χ2v) is 2.76. The minimum atomic E-state index is -0.120. The molecule has 0 aliphatic rings. The van der Waals surface area contributed by atoms with Crippen LogP contribution in [-0.4, -0.2) is 42.0 Å². The van der Waals surface area contributed by atoms with Crippen LogP contribution in [0.25, 0.3) is 0 Å². The van der Waals surface area contributed by atoms with Crippen molar-refractivity contribution in [1.82, 2.24) is 0 Å². The summed E-state index contributed by atoms with van der Waals surface area (Å²) >= 11 is 1.12. The monoisotopic (exact) mass is 250 g/mol. The van der Waals surface area contributed by atoms with Gasteiger partial charge in [0.05, 0.1) is 0 Å². The average molecular weight is 249 g/mol. The summed E-state index contributed by atoms with van der Waals surface area (Å²) < 4.78 is 12.5. The number of ether oxygens (including phenoxy) is 2. The molecule has 0 fully saturated rings. The van der Waals surface area contributed by atoms with E-state index in [9.17, 15) is 0 Å². The quantitative estimate of drug-likeness (QED) is 0.530. The normalized spacial score (nSPS) is 11.6. The van der Waals surface area contributed by atoms with Gasteiger partial charge in [0.2, 0.25) is 0 Å². The molecule has 58 valence electrons. The first kappa shape index (κ1) is 10.5. The van der Waals surface area contributed by atoms with Crippen LogP contribution in [0, 0.1) is 0 Å². The molecule has 0 saturated carbocycles. The molecule has 0 aromatic carbocycles. The fourth-order valence-electron chi connectivity index (χ4n) is 0.578. The molecular weight excluding hydrogens is 235 g/mol. The van der Waals surface area contributed by atoms with E-state index in [2.05, 4.69) is 4.09 Å². The Hall–Kier alpha value is 0.459. The molecule has 0 bridgehead atoms. The fourth-order valence-corrected chi connectivity index (χ4v) is 1.10. The van der Waals surface area contributed by atoms with Crippen LogP contribution in [0.5, 0.6) is 0 Å². The molecule has 0 rings (SSSR count). The average Bonchev–Trinajstić information content (AvgIpc) is 1.90. The van der Waals surface area contributed by atoms with Crippen molar-refractivity contribution in [2.75, 3.05) is 13.2 Å². The predicted molar refractivity (Wildman–Crippen MR) is 43.3 cm³/mol. The summed E-state index contributed by atoms with van der Waals surface area (Å²) in [6, 6.07) is 0. The van der Waals surface area contributed by atoms with Crippen molar-refractivity contribution in [3.05, 3.63) is 10.2 Å². The van der Waals surface area contributed by atoms with E-state index in [-0.39, 0.29) is 6.29 Å². The summed E-state index contributed by atoms with van der Waals surface area (Å²) in [6.45, 7) is 5.34. The van der Waals surface area contributed by atoms with Crippen molar-refractivity contribution in [3.63, 3.8) is 0 Å². The van der Waals surface area contributed by atoms with Crippen LogP contribution in [0.4, 0.5) is 0 Å². The van der Waals surface area contributed by atoms with Crippen LogP contribution in [-0.2, 0) is 9.47 Å². The molecule has 0 atom stereocenters. The predicted octanol–water partition coefficient (Wildman–Crippen LogP) is 0.800. The number of hydrogen-bond donors (Lipinski definition) is 0. The van der Waals surface area contributed by atoms with Gasteiger partial charge in [-0.3, -0.25) is 0 Å². The fraction of sp³-hybridized carbons (Fsp3) is 0.714.